The van der Waals surface area contributed by atoms with Crippen molar-refractivity contribution in [3.63, 3.8) is 0 Å². The fourth-order valence-corrected chi connectivity index (χ4v) is 0.229. The molecule has 0 unspecified atom stereocenters. The molecule has 3 heteroatoms. The number of hydrogen-bond acceptors (Lipinski definition) is 2. The minimum Gasteiger partial charge on any atom is -0.399 e. The van der Waals surface area contributed by atoms with E-state index in [9.17, 15) is 4.79 Å². The monoisotopic (exact) mass is 109 g/mol. The zero-order chi connectivity index (χ0) is 6.57. The molecule has 0 saturated heterocycles. The van der Waals surface area contributed by atoms with E-state index in [1.807, 2.05) is 0 Å². The second kappa shape index (κ2) is 3.07. The molecule has 0 bridgehead atoms. The number of aldehydes is 1. The van der Waals surface area contributed by atoms with Crippen molar-refractivity contribution in [2.45, 2.75) is 0 Å². The van der Waals surface area contributed by atoms with Gasteiger partial charge in [0.15, 0.2) is 0 Å². The molecule has 0 aromatic rings. The first-order valence-corrected chi connectivity index (χ1v) is 2.26. The highest BCUT2D eigenvalue weighted by atomic mass is 16.1. The van der Waals surface area contributed by atoms with Gasteiger partial charge in [-0.05, 0) is 11.5 Å². The van der Waals surface area contributed by atoms with Crippen LogP contribution in [0, 0.1) is 0 Å². The van der Waals surface area contributed by atoms with E-state index in [0.717, 1.165) is 0 Å². The molecule has 0 rings (SSSR count). The Hall–Kier alpha value is -0.985. The van der Waals surface area contributed by atoms with Crippen LogP contribution in [0.5, 0.6) is 0 Å². The lowest BCUT2D eigenvalue weighted by Gasteiger charge is -1.90. The smallest absolute Gasteiger partial charge is 0.146 e. The van der Waals surface area contributed by atoms with E-state index in [2.05, 4.69) is 6.58 Å². The minimum atomic E-state index is 0.444. The fourth-order valence-electron chi connectivity index (χ4n) is 0.229. The summed E-state index contributed by atoms with van der Waals surface area (Å²) in [6.45, 7) is 3.39. The molecule has 0 aromatic heterocycles. The van der Waals surface area contributed by atoms with E-state index in [4.69, 9.17) is 5.73 Å². The van der Waals surface area contributed by atoms with E-state index >= 15 is 0 Å². The topological polar surface area (TPSA) is 43.1 Å². The summed E-state index contributed by atoms with van der Waals surface area (Å²) in [7, 11) is 1.64. The summed E-state index contributed by atoms with van der Waals surface area (Å²) in [4.78, 5) is 9.92. The van der Waals surface area contributed by atoms with Gasteiger partial charge in [-0.15, -0.1) is 0 Å². The van der Waals surface area contributed by atoms with E-state index in [1.54, 1.807) is 7.85 Å². The summed E-state index contributed by atoms with van der Waals surface area (Å²) in [6.07, 6.45) is 2.15. The van der Waals surface area contributed by atoms with E-state index in [1.165, 1.54) is 6.08 Å². The molecule has 0 fully saturated rings. The Balaban J connectivity index is 4.25. The average Bonchev–Trinajstić information content (AvgIpc) is 1.84. The van der Waals surface area contributed by atoms with Crippen molar-refractivity contribution < 1.29 is 4.79 Å². The first-order valence-electron chi connectivity index (χ1n) is 2.26. The summed E-state index contributed by atoms with van der Waals surface area (Å²) in [5.74, 6) is 0. The third kappa shape index (κ3) is 1.64. The van der Waals surface area contributed by atoms with Gasteiger partial charge >= 0.3 is 0 Å². The SMILES string of the molecule is B/C(C=O)=C(\N)C=C. The van der Waals surface area contributed by atoms with Gasteiger partial charge in [-0.2, -0.15) is 0 Å². The van der Waals surface area contributed by atoms with Crippen LogP contribution in [0.2, 0.25) is 0 Å². The molecule has 0 heterocycles. The second-order valence-electron chi connectivity index (χ2n) is 1.46. The molecule has 0 radical (unpaired) electrons. The van der Waals surface area contributed by atoms with Gasteiger partial charge in [-0.1, -0.05) is 6.58 Å². The number of carbonyl (C=O) groups excluding carboxylic acids is 1. The molecule has 2 N–H and O–H groups in total. The van der Waals surface area contributed by atoms with Crippen LogP contribution < -0.4 is 5.73 Å². The van der Waals surface area contributed by atoms with Crippen LogP contribution in [0.4, 0.5) is 0 Å². The maximum absolute atomic E-state index is 9.92. The van der Waals surface area contributed by atoms with Crippen LogP contribution in [0.3, 0.4) is 0 Å². The molecule has 0 saturated carbocycles. The second-order valence-corrected chi connectivity index (χ2v) is 1.46. The fraction of sp³-hybridized carbons (Fsp3) is 0. The Bertz CT molecular complexity index is 123. The number of allylic oxidation sites excluding steroid dienone is 2. The highest BCUT2D eigenvalue weighted by Crippen LogP contribution is 1.87. The van der Waals surface area contributed by atoms with E-state index < -0.39 is 0 Å². The van der Waals surface area contributed by atoms with Crippen molar-refractivity contribution in [1.82, 2.24) is 0 Å². The van der Waals surface area contributed by atoms with Gasteiger partial charge in [0, 0.05) is 5.70 Å². The van der Waals surface area contributed by atoms with Gasteiger partial charge in [0.05, 0.1) is 0 Å². The van der Waals surface area contributed by atoms with E-state index in [-0.39, 0.29) is 0 Å². The lowest BCUT2D eigenvalue weighted by molar-refractivity contribution is -0.104. The summed E-state index contributed by atoms with van der Waals surface area (Å²) in [6, 6.07) is 0. The van der Waals surface area contributed by atoms with Crippen molar-refractivity contribution in [2.24, 2.45) is 5.73 Å². The molecule has 0 aliphatic carbocycles. The summed E-state index contributed by atoms with van der Waals surface area (Å²) in [5.41, 5.74) is 6.23. The van der Waals surface area contributed by atoms with Crippen LogP contribution in [-0.2, 0) is 4.79 Å². The standard InChI is InChI=1S/C5H8BNO/c1-2-5(7)4(6)3-8/h2-3H,1,6-7H2/b5-4-. The molecule has 42 valence electrons. The molecule has 0 aromatic carbocycles. The van der Waals surface area contributed by atoms with Gasteiger partial charge in [-0.25, -0.2) is 0 Å². The normalized spacial score (nSPS) is 12.0. The van der Waals surface area contributed by atoms with Crippen molar-refractivity contribution in [1.29, 1.82) is 0 Å². The molecule has 0 aliphatic heterocycles. The molecule has 0 aliphatic rings. The number of rotatable bonds is 2. The first-order chi connectivity index (χ1) is 3.72. The highest BCUT2D eigenvalue weighted by Gasteiger charge is 1.86. The number of hydrogen-bond donors (Lipinski definition) is 1. The Morgan fingerprint density at radius 1 is 1.75 bits per heavy atom. The van der Waals surface area contributed by atoms with Crippen molar-refractivity contribution in [3.05, 3.63) is 23.8 Å². The average molecular weight is 109 g/mol. The maximum Gasteiger partial charge on any atom is 0.146 e. The molecular formula is C5H8BNO. The predicted octanol–water partition coefficient (Wildman–Crippen LogP) is -0.825. The largest absolute Gasteiger partial charge is 0.399 e. The predicted molar refractivity (Wildman–Crippen MR) is 36.0 cm³/mol. The molecule has 0 atom stereocenters. The van der Waals surface area contributed by atoms with Crippen LogP contribution in [-0.4, -0.2) is 14.1 Å². The maximum atomic E-state index is 9.92. The highest BCUT2D eigenvalue weighted by molar-refractivity contribution is 6.32. The molecule has 0 amide bonds. The van der Waals surface area contributed by atoms with Gasteiger partial charge in [0.25, 0.3) is 0 Å². The third-order valence-corrected chi connectivity index (χ3v) is 0.852. The van der Waals surface area contributed by atoms with Crippen LogP contribution in [0.1, 0.15) is 0 Å². The third-order valence-electron chi connectivity index (χ3n) is 0.852. The summed E-state index contributed by atoms with van der Waals surface area (Å²) < 4.78 is 0. The lowest BCUT2D eigenvalue weighted by Crippen LogP contribution is -1.99. The van der Waals surface area contributed by atoms with Gasteiger partial charge in [0.1, 0.15) is 14.1 Å². The van der Waals surface area contributed by atoms with Gasteiger partial charge < -0.3 is 5.73 Å². The Morgan fingerprint density at radius 2 is 2.25 bits per heavy atom. The minimum absolute atomic E-state index is 0.444. The summed E-state index contributed by atoms with van der Waals surface area (Å²) >= 11 is 0. The number of carbonyl (C=O) groups is 1. The molecule has 8 heavy (non-hydrogen) atoms. The lowest BCUT2D eigenvalue weighted by atomic mass is 9.95. The first kappa shape index (κ1) is 7.01. The van der Waals surface area contributed by atoms with Crippen LogP contribution in [0.25, 0.3) is 0 Å². The van der Waals surface area contributed by atoms with Gasteiger partial charge in [-0.3, -0.25) is 4.79 Å². The summed E-state index contributed by atoms with van der Waals surface area (Å²) in [5, 5.41) is 0. The van der Waals surface area contributed by atoms with Crippen molar-refractivity contribution >= 4 is 14.1 Å². The van der Waals surface area contributed by atoms with Crippen molar-refractivity contribution in [2.75, 3.05) is 0 Å². The van der Waals surface area contributed by atoms with E-state index in [0.29, 0.717) is 17.5 Å². The Morgan fingerprint density at radius 3 is 2.38 bits per heavy atom. The Kier molecular flexibility index (Phi) is 2.70. The quantitative estimate of drug-likeness (QED) is 0.218. The zero-order valence-corrected chi connectivity index (χ0v) is 4.85. The van der Waals surface area contributed by atoms with Gasteiger partial charge in [0.2, 0.25) is 0 Å². The molecular weight excluding hydrogens is 101 g/mol. The number of nitrogens with two attached hydrogens (primary N) is 1. The molecule has 0 spiro atoms. The van der Waals surface area contributed by atoms with Crippen LogP contribution in [0.15, 0.2) is 23.8 Å². The van der Waals surface area contributed by atoms with Crippen LogP contribution >= 0.6 is 0 Å². The zero-order valence-electron chi connectivity index (χ0n) is 4.85. The Labute approximate surface area is 49.5 Å². The molecule has 2 nitrogen and oxygen atoms in total. The van der Waals surface area contributed by atoms with Crippen molar-refractivity contribution in [3.8, 4) is 0 Å².